The molecule has 1 heterocycles. The first-order valence-corrected chi connectivity index (χ1v) is 13.6. The van der Waals surface area contributed by atoms with Gasteiger partial charge in [0, 0.05) is 22.7 Å². The minimum atomic E-state index is -4.46. The third kappa shape index (κ3) is 4.94. The van der Waals surface area contributed by atoms with Crippen molar-refractivity contribution in [2.24, 2.45) is 5.41 Å². The molecule has 2 nitrogen and oxygen atoms in total. The molecule has 1 N–H and O–H groups in total. The zero-order valence-electron chi connectivity index (χ0n) is 21.3. The summed E-state index contributed by atoms with van der Waals surface area (Å²) in [6, 6.07) is 4.49. The first-order valence-electron chi connectivity index (χ1n) is 13.6. The fourth-order valence-corrected chi connectivity index (χ4v) is 6.98. The molecule has 0 amide bonds. The quantitative estimate of drug-likeness (QED) is 0.423. The number of aliphatic hydroxyl groups is 1. The fourth-order valence-electron chi connectivity index (χ4n) is 6.98. The fraction of sp³-hybridized carbons (Fsp3) is 0.633. The van der Waals surface area contributed by atoms with Gasteiger partial charge in [-0.3, -0.25) is 4.98 Å². The monoisotopic (exact) mass is 503 g/mol. The van der Waals surface area contributed by atoms with Gasteiger partial charge in [-0.05, 0) is 73.1 Å². The summed E-state index contributed by atoms with van der Waals surface area (Å²) in [7, 11) is 0. The molecule has 2 fully saturated rings. The second kappa shape index (κ2) is 9.74. The lowest BCUT2D eigenvalue weighted by molar-refractivity contribution is -0.137. The number of fused-ring (bicyclic) bond motifs is 1. The summed E-state index contributed by atoms with van der Waals surface area (Å²) >= 11 is 0. The van der Waals surface area contributed by atoms with E-state index >= 15 is 4.39 Å². The molecular weight excluding hydrogens is 466 g/mol. The number of nitrogens with zero attached hydrogens (tertiary/aromatic N) is 1. The average molecular weight is 504 g/mol. The van der Waals surface area contributed by atoms with Gasteiger partial charge < -0.3 is 5.11 Å². The Morgan fingerprint density at radius 2 is 1.47 bits per heavy atom. The summed E-state index contributed by atoms with van der Waals surface area (Å²) in [4.78, 5) is 5.12. The van der Waals surface area contributed by atoms with Crippen molar-refractivity contribution >= 4 is 0 Å². The second-order valence-electron chi connectivity index (χ2n) is 12.0. The highest BCUT2D eigenvalue weighted by Gasteiger charge is 2.41. The van der Waals surface area contributed by atoms with E-state index < -0.39 is 24.0 Å². The zero-order valence-corrected chi connectivity index (χ0v) is 21.3. The van der Waals surface area contributed by atoms with Crippen molar-refractivity contribution in [1.82, 2.24) is 4.98 Å². The topological polar surface area (TPSA) is 33.1 Å². The Hall–Kier alpha value is -1.95. The van der Waals surface area contributed by atoms with E-state index in [4.69, 9.17) is 4.98 Å². The number of hydrogen-bond donors (Lipinski definition) is 1. The molecule has 2 atom stereocenters. The molecule has 0 aliphatic heterocycles. The predicted octanol–water partition coefficient (Wildman–Crippen LogP) is 8.87. The molecule has 2 aromatic rings. The van der Waals surface area contributed by atoms with Crippen molar-refractivity contribution in [3.05, 3.63) is 63.5 Å². The van der Waals surface area contributed by atoms with Crippen LogP contribution < -0.4 is 0 Å². The summed E-state index contributed by atoms with van der Waals surface area (Å²) in [6.07, 6.45) is 3.85. The van der Waals surface area contributed by atoms with Gasteiger partial charge in [0.25, 0.3) is 0 Å². The van der Waals surface area contributed by atoms with Crippen LogP contribution in [0.3, 0.4) is 0 Å². The lowest BCUT2D eigenvalue weighted by Gasteiger charge is -2.39. The van der Waals surface area contributed by atoms with Gasteiger partial charge >= 0.3 is 6.18 Å². The Balaban J connectivity index is 1.71. The Bertz CT molecular complexity index is 1080. The van der Waals surface area contributed by atoms with E-state index in [9.17, 15) is 18.3 Å². The van der Waals surface area contributed by atoms with Crippen LogP contribution in [-0.4, -0.2) is 10.1 Å². The van der Waals surface area contributed by atoms with Gasteiger partial charge in [-0.15, -0.1) is 0 Å². The van der Waals surface area contributed by atoms with Crippen LogP contribution in [0.2, 0.25) is 0 Å². The number of hydrogen-bond acceptors (Lipinski definition) is 2. The molecule has 0 radical (unpaired) electrons. The van der Waals surface area contributed by atoms with E-state index in [0.717, 1.165) is 98.9 Å². The van der Waals surface area contributed by atoms with Crippen molar-refractivity contribution in [1.29, 1.82) is 0 Å². The standard InChI is InChI=1S/C30H37F4NO/c1-29(2)16-22-25(23(36)17-29)24(18-8-4-3-5-9-18)26(28(35-22)20-10-6-7-11-20)27(31)19-12-14-21(15-13-19)30(32,33)34/h12-15,18,20,23,27,36H,3-11,16-17H2,1-2H3/t23?,27-/m0/s1. The molecule has 1 aromatic carbocycles. The van der Waals surface area contributed by atoms with Crippen molar-refractivity contribution in [2.45, 2.75) is 115 Å². The number of benzene rings is 1. The first-order chi connectivity index (χ1) is 17.0. The number of rotatable bonds is 4. The van der Waals surface area contributed by atoms with Gasteiger partial charge in [0.1, 0.15) is 0 Å². The summed E-state index contributed by atoms with van der Waals surface area (Å²) in [6.45, 7) is 4.29. The summed E-state index contributed by atoms with van der Waals surface area (Å²) in [5.74, 6) is 0.303. The van der Waals surface area contributed by atoms with Crippen LogP contribution in [0.4, 0.5) is 17.6 Å². The summed E-state index contributed by atoms with van der Waals surface area (Å²) < 4.78 is 56.2. The zero-order chi connectivity index (χ0) is 25.7. The molecule has 3 aliphatic rings. The Morgan fingerprint density at radius 1 is 0.889 bits per heavy atom. The van der Waals surface area contributed by atoms with Crippen LogP contribution in [0.1, 0.15) is 141 Å². The molecule has 5 rings (SSSR count). The Kier molecular flexibility index (Phi) is 6.95. The molecule has 3 aliphatic carbocycles. The normalized spacial score (nSPS) is 24.0. The predicted molar refractivity (Wildman–Crippen MR) is 133 cm³/mol. The minimum absolute atomic E-state index is 0.0970. The number of aliphatic hydroxyl groups excluding tert-OH is 1. The highest BCUT2D eigenvalue weighted by atomic mass is 19.4. The van der Waals surface area contributed by atoms with Crippen LogP contribution >= 0.6 is 0 Å². The van der Waals surface area contributed by atoms with Crippen molar-refractivity contribution in [2.75, 3.05) is 0 Å². The van der Waals surface area contributed by atoms with E-state index in [1.165, 1.54) is 12.1 Å². The maximum absolute atomic E-state index is 16.7. The van der Waals surface area contributed by atoms with Crippen molar-refractivity contribution in [3.8, 4) is 0 Å². The van der Waals surface area contributed by atoms with E-state index in [2.05, 4.69) is 13.8 Å². The van der Waals surface area contributed by atoms with Crippen LogP contribution in [-0.2, 0) is 12.6 Å². The lowest BCUT2D eigenvalue weighted by Crippen LogP contribution is -2.30. The van der Waals surface area contributed by atoms with Crippen LogP contribution in [0, 0.1) is 5.41 Å². The van der Waals surface area contributed by atoms with Crippen molar-refractivity contribution < 1.29 is 22.7 Å². The third-order valence-corrected chi connectivity index (χ3v) is 8.69. The van der Waals surface area contributed by atoms with Crippen LogP contribution in [0.15, 0.2) is 24.3 Å². The largest absolute Gasteiger partial charge is 0.416 e. The van der Waals surface area contributed by atoms with E-state index in [0.29, 0.717) is 12.0 Å². The molecule has 2 saturated carbocycles. The van der Waals surface area contributed by atoms with E-state index in [-0.39, 0.29) is 22.8 Å². The van der Waals surface area contributed by atoms with E-state index in [1.54, 1.807) is 0 Å². The van der Waals surface area contributed by atoms with Gasteiger partial charge in [-0.25, -0.2) is 4.39 Å². The van der Waals surface area contributed by atoms with Gasteiger partial charge in [0.15, 0.2) is 6.17 Å². The van der Waals surface area contributed by atoms with Gasteiger partial charge in [-0.2, -0.15) is 13.2 Å². The maximum atomic E-state index is 16.7. The second-order valence-corrected chi connectivity index (χ2v) is 12.0. The molecule has 0 bridgehead atoms. The van der Waals surface area contributed by atoms with Crippen LogP contribution in [0.5, 0.6) is 0 Å². The molecule has 1 aromatic heterocycles. The molecule has 196 valence electrons. The smallest absolute Gasteiger partial charge is 0.388 e. The minimum Gasteiger partial charge on any atom is -0.388 e. The highest BCUT2D eigenvalue weighted by Crippen LogP contribution is 2.51. The van der Waals surface area contributed by atoms with Crippen molar-refractivity contribution in [3.63, 3.8) is 0 Å². The van der Waals surface area contributed by atoms with E-state index in [1.807, 2.05) is 0 Å². The highest BCUT2D eigenvalue weighted by molar-refractivity contribution is 5.51. The lowest BCUT2D eigenvalue weighted by atomic mass is 9.69. The molecule has 0 spiro atoms. The Labute approximate surface area is 211 Å². The maximum Gasteiger partial charge on any atom is 0.416 e. The average Bonchev–Trinajstić information content (AvgIpc) is 3.37. The molecule has 6 heteroatoms. The molecule has 0 saturated heterocycles. The van der Waals surface area contributed by atoms with Gasteiger partial charge in [0.05, 0.1) is 17.4 Å². The summed E-state index contributed by atoms with van der Waals surface area (Å²) in [5.41, 5.74) is 3.35. The van der Waals surface area contributed by atoms with Gasteiger partial charge in [-0.1, -0.05) is 58.1 Å². The molecule has 1 unspecified atom stereocenters. The summed E-state index contributed by atoms with van der Waals surface area (Å²) in [5, 5.41) is 11.4. The SMILES string of the molecule is CC1(C)Cc2nc(C3CCCC3)c([C@@H](F)c3ccc(C(F)(F)F)cc3)c(C3CCCCC3)c2C(O)C1. The molecule has 36 heavy (non-hydrogen) atoms. The number of pyridine rings is 1. The number of alkyl halides is 4. The van der Waals surface area contributed by atoms with Gasteiger partial charge in [0.2, 0.25) is 0 Å². The third-order valence-electron chi connectivity index (χ3n) is 8.69. The number of halogens is 4. The van der Waals surface area contributed by atoms with Crippen LogP contribution in [0.25, 0.3) is 0 Å². The first kappa shape index (κ1) is 25.7. The molecular formula is C30H37F4NO. The Morgan fingerprint density at radius 3 is 2.08 bits per heavy atom. The number of aromatic nitrogens is 1.